The van der Waals surface area contributed by atoms with Gasteiger partial charge in [-0.05, 0) is 41.8 Å². The number of nitrogens with two attached hydrogens (primary N) is 1. The molecule has 2 N–H and O–H groups in total. The Balaban J connectivity index is 2.20. The summed E-state index contributed by atoms with van der Waals surface area (Å²) in [5.41, 5.74) is 8.90. The van der Waals surface area contributed by atoms with Crippen molar-refractivity contribution in [3.63, 3.8) is 0 Å². The molecular formula is C14H14F2N2O. The van der Waals surface area contributed by atoms with Crippen LogP contribution in [0.1, 0.15) is 22.7 Å². The zero-order chi connectivity index (χ0) is 13.8. The molecule has 0 saturated carbocycles. The van der Waals surface area contributed by atoms with Crippen LogP contribution in [-0.2, 0) is 0 Å². The van der Waals surface area contributed by atoms with Crippen molar-refractivity contribution in [1.82, 2.24) is 4.98 Å². The monoisotopic (exact) mass is 264 g/mol. The van der Waals surface area contributed by atoms with Gasteiger partial charge in [-0.25, -0.2) is 0 Å². The van der Waals surface area contributed by atoms with Crippen molar-refractivity contribution in [2.45, 2.75) is 19.6 Å². The molecule has 5 heteroatoms. The molecule has 2 rings (SSSR count). The van der Waals surface area contributed by atoms with E-state index in [0.29, 0.717) is 0 Å². The van der Waals surface area contributed by atoms with E-state index in [2.05, 4.69) is 9.72 Å². The van der Waals surface area contributed by atoms with Crippen molar-refractivity contribution in [3.05, 3.63) is 59.4 Å². The minimum absolute atomic E-state index is 0.119. The lowest BCUT2D eigenvalue weighted by molar-refractivity contribution is -0.0498. The number of halogens is 2. The van der Waals surface area contributed by atoms with Crippen molar-refractivity contribution >= 4 is 0 Å². The first-order valence-corrected chi connectivity index (χ1v) is 5.79. The second-order valence-electron chi connectivity index (χ2n) is 4.16. The van der Waals surface area contributed by atoms with Gasteiger partial charge in [0.05, 0.1) is 6.04 Å². The Bertz CT molecular complexity index is 543. The number of rotatable bonds is 4. The summed E-state index contributed by atoms with van der Waals surface area (Å²) in [5, 5.41) is 0. The highest BCUT2D eigenvalue weighted by atomic mass is 19.3. The van der Waals surface area contributed by atoms with Crippen LogP contribution < -0.4 is 10.5 Å². The molecule has 100 valence electrons. The lowest BCUT2D eigenvalue weighted by atomic mass is 9.98. The van der Waals surface area contributed by atoms with E-state index >= 15 is 0 Å². The van der Waals surface area contributed by atoms with Crippen molar-refractivity contribution in [1.29, 1.82) is 0 Å². The van der Waals surface area contributed by atoms with Crippen LogP contribution in [0.5, 0.6) is 5.75 Å². The molecule has 0 fully saturated rings. The summed E-state index contributed by atoms with van der Waals surface area (Å²) in [7, 11) is 0. The molecule has 0 bridgehead atoms. The minimum Gasteiger partial charge on any atom is -0.435 e. The molecule has 1 aromatic heterocycles. The first-order chi connectivity index (χ1) is 9.08. The Morgan fingerprint density at radius 2 is 1.84 bits per heavy atom. The number of ether oxygens (including phenoxy) is 1. The molecule has 19 heavy (non-hydrogen) atoms. The van der Waals surface area contributed by atoms with Gasteiger partial charge in [-0.1, -0.05) is 12.1 Å². The first kappa shape index (κ1) is 13.4. The van der Waals surface area contributed by atoms with Gasteiger partial charge in [0.2, 0.25) is 0 Å². The molecule has 0 amide bonds. The number of hydrogen-bond acceptors (Lipinski definition) is 3. The van der Waals surface area contributed by atoms with Crippen molar-refractivity contribution < 1.29 is 13.5 Å². The fourth-order valence-corrected chi connectivity index (χ4v) is 1.84. The molecule has 0 aliphatic heterocycles. The van der Waals surface area contributed by atoms with Gasteiger partial charge >= 0.3 is 6.61 Å². The summed E-state index contributed by atoms with van der Waals surface area (Å²) in [5.74, 6) is 0.119. The van der Waals surface area contributed by atoms with E-state index in [4.69, 9.17) is 5.73 Å². The number of aryl methyl sites for hydroxylation is 1. The van der Waals surface area contributed by atoms with E-state index < -0.39 is 6.61 Å². The lowest BCUT2D eigenvalue weighted by Gasteiger charge is -2.15. The number of benzene rings is 1. The average molecular weight is 264 g/mol. The number of alkyl halides is 2. The summed E-state index contributed by atoms with van der Waals surface area (Å²) in [6.45, 7) is -0.870. The molecule has 0 aliphatic rings. The van der Waals surface area contributed by atoms with Gasteiger partial charge in [0, 0.05) is 12.4 Å². The predicted molar refractivity (Wildman–Crippen MR) is 68.1 cm³/mol. The molecule has 2 aromatic rings. The van der Waals surface area contributed by atoms with Crippen LogP contribution in [0.25, 0.3) is 0 Å². The smallest absolute Gasteiger partial charge is 0.387 e. The second-order valence-corrected chi connectivity index (χ2v) is 4.16. The Morgan fingerprint density at radius 1 is 1.16 bits per heavy atom. The summed E-state index contributed by atoms with van der Waals surface area (Å²) >= 11 is 0. The van der Waals surface area contributed by atoms with E-state index in [1.807, 2.05) is 13.0 Å². The molecule has 0 aliphatic carbocycles. The van der Waals surface area contributed by atoms with Crippen LogP contribution >= 0.6 is 0 Å². The van der Waals surface area contributed by atoms with Gasteiger partial charge in [0.1, 0.15) is 5.75 Å². The molecule has 0 radical (unpaired) electrons. The van der Waals surface area contributed by atoms with Gasteiger partial charge in [0.25, 0.3) is 0 Å². The Hall–Kier alpha value is -2.01. The van der Waals surface area contributed by atoms with E-state index in [0.717, 1.165) is 16.7 Å². The number of aromatic nitrogens is 1. The quantitative estimate of drug-likeness (QED) is 0.923. The molecule has 1 unspecified atom stereocenters. The van der Waals surface area contributed by atoms with Crippen LogP contribution in [-0.4, -0.2) is 11.6 Å². The largest absolute Gasteiger partial charge is 0.435 e. The third kappa shape index (κ3) is 3.26. The van der Waals surface area contributed by atoms with Gasteiger partial charge in [-0.2, -0.15) is 8.78 Å². The fourth-order valence-electron chi connectivity index (χ4n) is 1.84. The Labute approximate surface area is 110 Å². The third-order valence-electron chi connectivity index (χ3n) is 2.88. The normalized spacial score (nSPS) is 12.5. The van der Waals surface area contributed by atoms with Crippen LogP contribution in [0.15, 0.2) is 42.7 Å². The molecule has 1 heterocycles. The van der Waals surface area contributed by atoms with Crippen LogP contribution in [0.3, 0.4) is 0 Å². The molecule has 0 saturated heterocycles. The highest BCUT2D eigenvalue weighted by molar-refractivity contribution is 5.37. The lowest BCUT2D eigenvalue weighted by Crippen LogP contribution is -2.13. The van der Waals surface area contributed by atoms with Gasteiger partial charge < -0.3 is 10.5 Å². The summed E-state index contributed by atoms with van der Waals surface area (Å²) in [6.07, 6.45) is 3.41. The van der Waals surface area contributed by atoms with Gasteiger partial charge in [0.15, 0.2) is 0 Å². The van der Waals surface area contributed by atoms with Crippen LogP contribution in [0.4, 0.5) is 8.78 Å². The van der Waals surface area contributed by atoms with Gasteiger partial charge in [-0.15, -0.1) is 0 Å². The van der Waals surface area contributed by atoms with E-state index in [1.165, 1.54) is 12.1 Å². The molecule has 1 aromatic carbocycles. The molecular weight excluding hydrogens is 250 g/mol. The fraction of sp³-hybridized carbons (Fsp3) is 0.214. The van der Waals surface area contributed by atoms with Crippen LogP contribution in [0, 0.1) is 6.92 Å². The Morgan fingerprint density at radius 3 is 2.42 bits per heavy atom. The molecule has 3 nitrogen and oxygen atoms in total. The zero-order valence-corrected chi connectivity index (χ0v) is 10.4. The molecule has 1 atom stereocenters. The topological polar surface area (TPSA) is 48.1 Å². The summed E-state index contributed by atoms with van der Waals surface area (Å²) < 4.78 is 28.4. The van der Waals surface area contributed by atoms with E-state index in [-0.39, 0.29) is 11.8 Å². The summed E-state index contributed by atoms with van der Waals surface area (Å²) in [4.78, 5) is 4.05. The van der Waals surface area contributed by atoms with E-state index in [9.17, 15) is 8.78 Å². The number of nitrogens with zero attached hydrogens (tertiary/aromatic N) is 1. The molecule has 0 spiro atoms. The predicted octanol–water partition coefficient (Wildman–Crippen LogP) is 3.04. The third-order valence-corrected chi connectivity index (χ3v) is 2.88. The van der Waals surface area contributed by atoms with Crippen molar-refractivity contribution in [2.75, 3.05) is 0 Å². The second kappa shape index (κ2) is 5.75. The minimum atomic E-state index is -2.82. The average Bonchev–Trinajstić information content (AvgIpc) is 2.39. The van der Waals surface area contributed by atoms with Crippen molar-refractivity contribution in [2.24, 2.45) is 5.73 Å². The maximum absolute atomic E-state index is 12.0. The van der Waals surface area contributed by atoms with Crippen LogP contribution in [0.2, 0.25) is 0 Å². The highest BCUT2D eigenvalue weighted by Crippen LogP contribution is 2.24. The highest BCUT2D eigenvalue weighted by Gasteiger charge is 2.12. The Kier molecular flexibility index (Phi) is 4.06. The SMILES string of the molecule is Cc1ccncc1C(N)c1ccc(OC(F)F)cc1. The number of pyridine rings is 1. The maximum atomic E-state index is 12.0. The maximum Gasteiger partial charge on any atom is 0.387 e. The summed E-state index contributed by atoms with van der Waals surface area (Å²) in [6, 6.07) is 7.85. The zero-order valence-electron chi connectivity index (χ0n) is 10.4. The van der Waals surface area contributed by atoms with Crippen molar-refractivity contribution in [3.8, 4) is 5.75 Å². The van der Waals surface area contributed by atoms with E-state index in [1.54, 1.807) is 24.5 Å². The number of hydrogen-bond donors (Lipinski definition) is 1. The van der Waals surface area contributed by atoms with Gasteiger partial charge in [-0.3, -0.25) is 4.98 Å². The standard InChI is InChI=1S/C14H14F2N2O/c1-9-6-7-18-8-12(9)13(17)10-2-4-11(5-3-10)19-14(15)16/h2-8,13-14H,17H2,1H3. The first-order valence-electron chi connectivity index (χ1n) is 5.79.